The van der Waals surface area contributed by atoms with Gasteiger partial charge in [-0.05, 0) is 69.2 Å². The number of ether oxygens (including phenoxy) is 1. The summed E-state index contributed by atoms with van der Waals surface area (Å²) in [5.74, 6) is -1.37. The summed E-state index contributed by atoms with van der Waals surface area (Å²) >= 11 is 0. The first-order valence-electron chi connectivity index (χ1n) is 9.32. The number of carbonyl (C=O) groups is 2. The molecule has 0 radical (unpaired) electrons. The molecule has 0 aliphatic carbocycles. The highest BCUT2D eigenvalue weighted by molar-refractivity contribution is 7.89. The molecule has 162 valence electrons. The van der Waals surface area contributed by atoms with Crippen molar-refractivity contribution in [3.05, 3.63) is 53.6 Å². The van der Waals surface area contributed by atoms with E-state index in [4.69, 9.17) is 4.74 Å². The lowest BCUT2D eigenvalue weighted by atomic mass is 10.0. The van der Waals surface area contributed by atoms with Gasteiger partial charge in [0.25, 0.3) is 5.91 Å². The Bertz CT molecular complexity index is 1020. The van der Waals surface area contributed by atoms with E-state index in [-0.39, 0.29) is 17.1 Å². The molecule has 0 aliphatic rings. The molecule has 30 heavy (non-hydrogen) atoms. The van der Waals surface area contributed by atoms with Crippen LogP contribution >= 0.6 is 0 Å². The summed E-state index contributed by atoms with van der Waals surface area (Å²) in [6.45, 7) is 6.75. The zero-order chi connectivity index (χ0) is 22.5. The zero-order valence-corrected chi connectivity index (χ0v) is 18.1. The van der Waals surface area contributed by atoms with E-state index in [1.165, 1.54) is 36.4 Å². The van der Waals surface area contributed by atoms with Gasteiger partial charge in [-0.15, -0.1) is 0 Å². The number of carbonyl (C=O) groups excluding carboxylic acids is 2. The zero-order valence-electron chi connectivity index (χ0n) is 17.3. The van der Waals surface area contributed by atoms with Crippen molar-refractivity contribution in [2.75, 3.05) is 11.9 Å². The maximum atomic E-state index is 12.3. The number of amides is 1. The molecule has 2 N–H and O–H groups in total. The van der Waals surface area contributed by atoms with Crippen molar-refractivity contribution in [1.82, 2.24) is 4.72 Å². The Balaban J connectivity index is 1.98. The van der Waals surface area contributed by atoms with Gasteiger partial charge in [0.05, 0.1) is 10.9 Å². The number of hydrogen-bond acceptors (Lipinski definition) is 6. The molecule has 1 amide bonds. The summed E-state index contributed by atoms with van der Waals surface area (Å²) < 4.78 is 32.5. The van der Waals surface area contributed by atoms with Gasteiger partial charge in [-0.25, -0.2) is 13.1 Å². The van der Waals surface area contributed by atoms with Gasteiger partial charge in [0.15, 0.2) is 6.61 Å². The van der Waals surface area contributed by atoms with E-state index >= 15 is 0 Å². The third-order valence-electron chi connectivity index (χ3n) is 3.93. The van der Waals surface area contributed by atoms with Crippen molar-refractivity contribution < 1.29 is 27.9 Å². The molecule has 0 fully saturated rings. The lowest BCUT2D eigenvalue weighted by molar-refractivity contribution is -0.255. The molecular formula is C21H25N2O6S-. The summed E-state index contributed by atoms with van der Waals surface area (Å²) in [6.07, 6.45) is 0.475. The minimum atomic E-state index is -3.65. The molecular weight excluding hydrogens is 408 g/mol. The Kier molecular flexibility index (Phi) is 7.22. The van der Waals surface area contributed by atoms with Crippen LogP contribution in [0.5, 0.6) is 5.75 Å². The minimum Gasteiger partial charge on any atom is -0.545 e. The molecule has 0 spiro atoms. The highest BCUT2D eigenvalue weighted by Gasteiger charge is 2.21. The van der Waals surface area contributed by atoms with E-state index in [2.05, 4.69) is 10.0 Å². The normalized spacial score (nSPS) is 11.7. The molecule has 9 heteroatoms. The van der Waals surface area contributed by atoms with Gasteiger partial charge >= 0.3 is 0 Å². The Morgan fingerprint density at radius 3 is 2.23 bits per heavy atom. The second kappa shape index (κ2) is 9.27. The fourth-order valence-electron chi connectivity index (χ4n) is 2.69. The number of aromatic carboxylic acids is 1. The number of hydrogen-bond donors (Lipinski definition) is 2. The standard InChI is InChI=1S/C21H26N2O6S/c1-5-14-12-15(6-11-18(14)20(25)26)22-19(24)13-29-16-7-9-17(10-8-16)30(27,28)23-21(2,3)4/h6-12,23H,5,13H2,1-4H3,(H,22,24)(H,25,26)/p-1. The lowest BCUT2D eigenvalue weighted by Gasteiger charge is -2.20. The quantitative estimate of drug-likeness (QED) is 0.653. The van der Waals surface area contributed by atoms with Crippen LogP contribution in [0.1, 0.15) is 43.6 Å². The first-order valence-corrected chi connectivity index (χ1v) is 10.8. The SMILES string of the molecule is CCc1cc(NC(=O)COc2ccc(S(=O)(=O)NC(C)(C)C)cc2)ccc1C(=O)[O-]. The smallest absolute Gasteiger partial charge is 0.262 e. The van der Waals surface area contributed by atoms with Crippen LogP contribution in [0.2, 0.25) is 0 Å². The minimum absolute atomic E-state index is 0.0859. The maximum absolute atomic E-state index is 12.3. The Morgan fingerprint density at radius 1 is 1.07 bits per heavy atom. The molecule has 0 aromatic heterocycles. The van der Waals surface area contributed by atoms with Gasteiger partial charge < -0.3 is 20.0 Å². The molecule has 0 saturated carbocycles. The number of carboxylic acid groups (broad SMARTS) is 1. The molecule has 0 saturated heterocycles. The number of benzene rings is 2. The molecule has 0 atom stereocenters. The monoisotopic (exact) mass is 433 g/mol. The van der Waals surface area contributed by atoms with Crippen molar-refractivity contribution in [3.63, 3.8) is 0 Å². The van der Waals surface area contributed by atoms with E-state index in [1.54, 1.807) is 33.8 Å². The van der Waals surface area contributed by atoms with Gasteiger partial charge in [0.1, 0.15) is 5.75 Å². The van der Waals surface area contributed by atoms with Crippen LogP contribution in [0.3, 0.4) is 0 Å². The first-order chi connectivity index (χ1) is 13.9. The molecule has 8 nitrogen and oxygen atoms in total. The van der Waals surface area contributed by atoms with Gasteiger partial charge in [0.2, 0.25) is 10.0 Å². The largest absolute Gasteiger partial charge is 0.545 e. The van der Waals surface area contributed by atoms with E-state index in [0.717, 1.165) is 0 Å². The summed E-state index contributed by atoms with van der Waals surface area (Å²) in [5.41, 5.74) is 0.473. The third-order valence-corrected chi connectivity index (χ3v) is 5.71. The fraction of sp³-hybridized carbons (Fsp3) is 0.333. The highest BCUT2D eigenvalue weighted by Crippen LogP contribution is 2.19. The van der Waals surface area contributed by atoms with Crippen molar-refractivity contribution in [2.45, 2.75) is 44.6 Å². The number of anilines is 1. The van der Waals surface area contributed by atoms with Gasteiger partial charge in [-0.3, -0.25) is 4.79 Å². The average Bonchev–Trinajstić information content (AvgIpc) is 2.64. The second-order valence-electron chi connectivity index (χ2n) is 7.68. The van der Waals surface area contributed by atoms with Gasteiger partial charge in [-0.1, -0.05) is 13.0 Å². The topological polar surface area (TPSA) is 125 Å². The fourth-order valence-corrected chi connectivity index (χ4v) is 4.10. The number of carboxylic acids is 1. The van der Waals surface area contributed by atoms with Gasteiger partial charge in [0, 0.05) is 16.8 Å². The number of sulfonamides is 1. The van der Waals surface area contributed by atoms with Crippen molar-refractivity contribution >= 4 is 27.6 Å². The first kappa shape index (κ1) is 23.4. The summed E-state index contributed by atoms with van der Waals surface area (Å²) in [7, 11) is -3.65. The molecule has 2 rings (SSSR count). The number of nitrogens with one attached hydrogen (secondary N) is 2. The molecule has 0 bridgehead atoms. The Labute approximate surface area is 176 Å². The number of aryl methyl sites for hydroxylation is 1. The Morgan fingerprint density at radius 2 is 1.70 bits per heavy atom. The van der Waals surface area contributed by atoms with E-state index in [9.17, 15) is 23.1 Å². The van der Waals surface area contributed by atoms with Crippen LogP contribution < -0.4 is 19.9 Å². The molecule has 2 aromatic carbocycles. The van der Waals surface area contributed by atoms with E-state index < -0.39 is 27.4 Å². The van der Waals surface area contributed by atoms with E-state index in [0.29, 0.717) is 23.4 Å². The predicted octanol–water partition coefficient (Wildman–Crippen LogP) is 1.71. The third kappa shape index (κ3) is 6.57. The van der Waals surface area contributed by atoms with Crippen LogP contribution in [0.25, 0.3) is 0 Å². The molecule has 0 heterocycles. The highest BCUT2D eigenvalue weighted by atomic mass is 32.2. The van der Waals surface area contributed by atoms with E-state index in [1.807, 2.05) is 0 Å². The lowest BCUT2D eigenvalue weighted by Crippen LogP contribution is -2.40. The summed E-state index contributed by atoms with van der Waals surface area (Å²) in [5, 5.41) is 13.7. The summed E-state index contributed by atoms with van der Waals surface area (Å²) in [6, 6.07) is 10.2. The number of rotatable bonds is 8. The Hall–Kier alpha value is -2.91. The van der Waals surface area contributed by atoms with Crippen molar-refractivity contribution in [1.29, 1.82) is 0 Å². The van der Waals surface area contributed by atoms with Crippen molar-refractivity contribution in [2.24, 2.45) is 0 Å². The van der Waals surface area contributed by atoms with Crippen LogP contribution in [-0.2, 0) is 21.2 Å². The predicted molar refractivity (Wildman–Crippen MR) is 111 cm³/mol. The summed E-state index contributed by atoms with van der Waals surface area (Å²) in [4.78, 5) is 23.3. The van der Waals surface area contributed by atoms with Crippen LogP contribution in [0.15, 0.2) is 47.4 Å². The van der Waals surface area contributed by atoms with Crippen LogP contribution in [0, 0.1) is 0 Å². The maximum Gasteiger partial charge on any atom is 0.262 e. The van der Waals surface area contributed by atoms with Gasteiger partial charge in [-0.2, -0.15) is 0 Å². The molecule has 0 unspecified atom stereocenters. The second-order valence-corrected chi connectivity index (χ2v) is 9.36. The molecule has 0 aliphatic heterocycles. The van der Waals surface area contributed by atoms with Crippen molar-refractivity contribution in [3.8, 4) is 5.75 Å². The van der Waals surface area contributed by atoms with Crippen LogP contribution in [0.4, 0.5) is 5.69 Å². The van der Waals surface area contributed by atoms with Crippen LogP contribution in [-0.4, -0.2) is 32.4 Å². The molecule has 2 aromatic rings. The average molecular weight is 434 g/mol.